The minimum absolute atomic E-state index is 0.210. The van der Waals surface area contributed by atoms with E-state index < -0.39 is 0 Å². The summed E-state index contributed by atoms with van der Waals surface area (Å²) in [7, 11) is 4.96. The van der Waals surface area contributed by atoms with E-state index >= 15 is 0 Å². The van der Waals surface area contributed by atoms with Crippen molar-refractivity contribution >= 4 is 5.91 Å². The van der Waals surface area contributed by atoms with Gasteiger partial charge in [0.05, 0.1) is 26.1 Å². The number of nitrogens with one attached hydrogen (secondary N) is 1. The molecule has 0 radical (unpaired) electrons. The van der Waals surface area contributed by atoms with Gasteiger partial charge in [-0.25, -0.2) is 0 Å². The molecule has 0 saturated heterocycles. The molecule has 26 heavy (non-hydrogen) atoms. The molecule has 7 heteroatoms. The quantitative estimate of drug-likeness (QED) is 0.737. The Kier molecular flexibility index (Phi) is 5.17. The predicted octanol–water partition coefficient (Wildman–Crippen LogP) is 2.43. The minimum Gasteiger partial charge on any atom is -0.497 e. The van der Waals surface area contributed by atoms with Gasteiger partial charge in [-0.05, 0) is 23.8 Å². The number of nitrogens with zero attached hydrogens (tertiary/aromatic N) is 3. The lowest BCUT2D eigenvalue weighted by Crippen LogP contribution is -2.22. The number of aromatic nitrogens is 3. The molecule has 7 nitrogen and oxygen atoms in total. The average molecular weight is 352 g/mol. The summed E-state index contributed by atoms with van der Waals surface area (Å²) in [6, 6.07) is 8.90. The zero-order valence-electron chi connectivity index (χ0n) is 14.9. The largest absolute Gasteiger partial charge is 0.497 e. The van der Waals surface area contributed by atoms with Crippen LogP contribution in [0.2, 0.25) is 0 Å². The fraction of sp³-hybridized carbons (Fsp3) is 0.211. The molecule has 1 N–H and O–H groups in total. The summed E-state index contributed by atoms with van der Waals surface area (Å²) in [6.45, 7) is 0.374. The molecule has 0 spiro atoms. The molecular formula is C19H20N4O3. The van der Waals surface area contributed by atoms with E-state index in [0.717, 1.165) is 16.8 Å². The lowest BCUT2D eigenvalue weighted by atomic mass is 10.1. The lowest BCUT2D eigenvalue weighted by Gasteiger charge is -2.09. The van der Waals surface area contributed by atoms with Gasteiger partial charge in [0, 0.05) is 43.2 Å². The standard InChI is InChI=1S/C19H20N4O3/c1-23-12-15(11-22-23)18-5-4-13(9-20-18)10-21-19(24)14-6-16(25-2)8-17(7-14)26-3/h4-9,11-12H,10H2,1-3H3,(H,21,24). The number of pyridine rings is 1. The first-order chi connectivity index (χ1) is 12.6. The topological polar surface area (TPSA) is 78.3 Å². The summed E-state index contributed by atoms with van der Waals surface area (Å²) in [6.07, 6.45) is 5.41. The van der Waals surface area contributed by atoms with E-state index in [1.807, 2.05) is 25.4 Å². The summed E-state index contributed by atoms with van der Waals surface area (Å²) in [5.41, 5.74) is 3.17. The third kappa shape index (κ3) is 4.00. The summed E-state index contributed by atoms with van der Waals surface area (Å²) >= 11 is 0. The Morgan fingerprint density at radius 2 is 1.85 bits per heavy atom. The number of methoxy groups -OCH3 is 2. The molecule has 0 aliphatic rings. The van der Waals surface area contributed by atoms with Crippen LogP contribution in [-0.2, 0) is 13.6 Å². The van der Waals surface area contributed by atoms with E-state index in [9.17, 15) is 4.79 Å². The van der Waals surface area contributed by atoms with E-state index in [4.69, 9.17) is 9.47 Å². The van der Waals surface area contributed by atoms with Gasteiger partial charge in [0.25, 0.3) is 5.91 Å². The van der Waals surface area contributed by atoms with Crippen molar-refractivity contribution in [2.75, 3.05) is 14.2 Å². The Morgan fingerprint density at radius 3 is 2.38 bits per heavy atom. The number of aryl methyl sites for hydroxylation is 1. The normalized spacial score (nSPS) is 10.4. The summed E-state index contributed by atoms with van der Waals surface area (Å²) in [5.74, 6) is 0.924. The van der Waals surface area contributed by atoms with E-state index in [-0.39, 0.29) is 5.91 Å². The Morgan fingerprint density at radius 1 is 1.12 bits per heavy atom. The highest BCUT2D eigenvalue weighted by atomic mass is 16.5. The first-order valence-corrected chi connectivity index (χ1v) is 8.04. The van der Waals surface area contributed by atoms with Crippen molar-refractivity contribution in [3.05, 3.63) is 60.0 Å². The number of benzene rings is 1. The Hall–Kier alpha value is -3.35. The van der Waals surface area contributed by atoms with Crippen LogP contribution in [0.5, 0.6) is 11.5 Å². The van der Waals surface area contributed by atoms with Crippen molar-refractivity contribution in [1.29, 1.82) is 0 Å². The van der Waals surface area contributed by atoms with Crippen LogP contribution in [0.3, 0.4) is 0 Å². The van der Waals surface area contributed by atoms with Gasteiger partial charge in [-0.1, -0.05) is 6.07 Å². The molecule has 0 atom stereocenters. The monoisotopic (exact) mass is 352 g/mol. The fourth-order valence-corrected chi connectivity index (χ4v) is 2.48. The molecule has 3 rings (SSSR count). The fourth-order valence-electron chi connectivity index (χ4n) is 2.48. The smallest absolute Gasteiger partial charge is 0.251 e. The Balaban J connectivity index is 1.66. The molecule has 2 aromatic heterocycles. The van der Waals surface area contributed by atoms with E-state index in [1.54, 1.807) is 49.5 Å². The number of carbonyl (C=O) groups is 1. The van der Waals surface area contributed by atoms with Crippen LogP contribution in [0, 0.1) is 0 Å². The maximum atomic E-state index is 12.4. The van der Waals surface area contributed by atoms with Crippen LogP contribution in [0.1, 0.15) is 15.9 Å². The number of carbonyl (C=O) groups excluding carboxylic acids is 1. The summed E-state index contributed by atoms with van der Waals surface area (Å²) in [4.78, 5) is 16.8. The van der Waals surface area contributed by atoms with Crippen LogP contribution in [0.25, 0.3) is 11.3 Å². The van der Waals surface area contributed by atoms with Gasteiger partial charge < -0.3 is 14.8 Å². The molecule has 2 heterocycles. The molecule has 0 bridgehead atoms. The number of ether oxygens (including phenoxy) is 2. The van der Waals surface area contributed by atoms with Crippen LogP contribution in [-0.4, -0.2) is 34.9 Å². The first kappa shape index (κ1) is 17.5. The Bertz CT molecular complexity index is 881. The molecule has 0 aliphatic heterocycles. The van der Waals surface area contributed by atoms with Gasteiger partial charge in [0.2, 0.25) is 0 Å². The van der Waals surface area contributed by atoms with Gasteiger partial charge in [-0.3, -0.25) is 14.5 Å². The van der Waals surface area contributed by atoms with E-state index in [2.05, 4.69) is 15.4 Å². The van der Waals surface area contributed by atoms with Gasteiger partial charge in [-0.2, -0.15) is 5.10 Å². The Labute approximate surface area is 151 Å². The van der Waals surface area contributed by atoms with Crippen molar-refractivity contribution in [3.8, 4) is 22.8 Å². The number of rotatable bonds is 6. The van der Waals surface area contributed by atoms with E-state index in [1.165, 1.54) is 0 Å². The van der Waals surface area contributed by atoms with Crippen molar-refractivity contribution in [2.45, 2.75) is 6.54 Å². The second kappa shape index (κ2) is 7.69. The van der Waals surface area contributed by atoms with Gasteiger partial charge in [0.15, 0.2) is 0 Å². The molecule has 134 valence electrons. The van der Waals surface area contributed by atoms with E-state index in [0.29, 0.717) is 23.6 Å². The third-order valence-corrected chi connectivity index (χ3v) is 3.89. The lowest BCUT2D eigenvalue weighted by molar-refractivity contribution is 0.0950. The van der Waals surface area contributed by atoms with Crippen LogP contribution in [0.15, 0.2) is 48.9 Å². The van der Waals surface area contributed by atoms with Gasteiger partial charge in [-0.15, -0.1) is 0 Å². The van der Waals surface area contributed by atoms with Crippen LogP contribution in [0.4, 0.5) is 0 Å². The minimum atomic E-state index is -0.210. The number of amides is 1. The summed E-state index contributed by atoms with van der Waals surface area (Å²) < 4.78 is 12.1. The van der Waals surface area contributed by atoms with Crippen LogP contribution < -0.4 is 14.8 Å². The molecule has 0 aliphatic carbocycles. The molecule has 0 saturated carbocycles. The zero-order valence-corrected chi connectivity index (χ0v) is 14.9. The second-order valence-corrected chi connectivity index (χ2v) is 5.74. The molecule has 1 amide bonds. The molecule has 0 unspecified atom stereocenters. The highest BCUT2D eigenvalue weighted by molar-refractivity contribution is 5.95. The second-order valence-electron chi connectivity index (χ2n) is 5.74. The van der Waals surface area contributed by atoms with Gasteiger partial charge >= 0.3 is 0 Å². The van der Waals surface area contributed by atoms with Crippen LogP contribution >= 0.6 is 0 Å². The number of hydrogen-bond acceptors (Lipinski definition) is 5. The SMILES string of the molecule is COc1cc(OC)cc(C(=O)NCc2ccc(-c3cnn(C)c3)nc2)c1. The van der Waals surface area contributed by atoms with Crippen molar-refractivity contribution in [3.63, 3.8) is 0 Å². The van der Waals surface area contributed by atoms with Crippen molar-refractivity contribution in [2.24, 2.45) is 7.05 Å². The average Bonchev–Trinajstić information content (AvgIpc) is 3.12. The maximum Gasteiger partial charge on any atom is 0.251 e. The van der Waals surface area contributed by atoms with Crippen molar-refractivity contribution < 1.29 is 14.3 Å². The molecule has 0 fully saturated rings. The summed E-state index contributed by atoms with van der Waals surface area (Å²) in [5, 5.41) is 7.01. The molecule has 3 aromatic rings. The van der Waals surface area contributed by atoms with Crippen molar-refractivity contribution in [1.82, 2.24) is 20.1 Å². The molecular weight excluding hydrogens is 332 g/mol. The highest BCUT2D eigenvalue weighted by Gasteiger charge is 2.10. The first-order valence-electron chi connectivity index (χ1n) is 8.04. The maximum absolute atomic E-state index is 12.4. The van der Waals surface area contributed by atoms with Gasteiger partial charge in [0.1, 0.15) is 11.5 Å². The highest BCUT2D eigenvalue weighted by Crippen LogP contribution is 2.22. The number of hydrogen-bond donors (Lipinski definition) is 1. The molecule has 1 aromatic carbocycles. The third-order valence-electron chi connectivity index (χ3n) is 3.89. The predicted molar refractivity (Wildman–Crippen MR) is 97.2 cm³/mol. The zero-order chi connectivity index (χ0) is 18.5.